The lowest BCUT2D eigenvalue weighted by molar-refractivity contribution is -0.132. The van der Waals surface area contributed by atoms with Gasteiger partial charge < -0.3 is 15.1 Å². The van der Waals surface area contributed by atoms with Crippen LogP contribution in [0.15, 0.2) is 24.3 Å². The van der Waals surface area contributed by atoms with E-state index < -0.39 is 0 Å². The minimum Gasteiger partial charge on any atom is -0.378 e. The van der Waals surface area contributed by atoms with Crippen molar-refractivity contribution >= 4 is 27.5 Å². The van der Waals surface area contributed by atoms with Crippen molar-refractivity contribution in [3.63, 3.8) is 0 Å². The molecule has 4 nitrogen and oxygen atoms in total. The molecule has 1 aromatic carbocycles. The van der Waals surface area contributed by atoms with E-state index in [1.54, 1.807) is 4.90 Å². The molecule has 0 aliphatic carbocycles. The maximum absolute atomic E-state index is 12.3. The molecule has 1 aliphatic heterocycles. The summed E-state index contributed by atoms with van der Waals surface area (Å²) in [6.45, 7) is 1.51. The van der Waals surface area contributed by atoms with Crippen molar-refractivity contribution in [2.45, 2.75) is 23.8 Å². The fourth-order valence-corrected chi connectivity index (χ4v) is 2.96. The van der Waals surface area contributed by atoms with Crippen LogP contribution in [-0.4, -0.2) is 49.4 Å². The summed E-state index contributed by atoms with van der Waals surface area (Å²) in [5.41, 5.74) is 2.32. The first kappa shape index (κ1) is 15.3. The average molecular weight is 340 g/mol. The molecule has 5 heteroatoms. The van der Waals surface area contributed by atoms with Crippen LogP contribution < -0.4 is 10.2 Å². The fourth-order valence-electron chi connectivity index (χ4n) is 2.40. The van der Waals surface area contributed by atoms with Gasteiger partial charge in [-0.05, 0) is 24.1 Å². The number of rotatable bonds is 4. The maximum atomic E-state index is 12.3. The van der Waals surface area contributed by atoms with Gasteiger partial charge in [-0.25, -0.2) is 0 Å². The van der Waals surface area contributed by atoms with Crippen LogP contribution in [0.2, 0.25) is 0 Å². The van der Waals surface area contributed by atoms with Gasteiger partial charge in [-0.2, -0.15) is 0 Å². The Morgan fingerprint density at radius 2 is 1.95 bits per heavy atom. The first-order valence-electron chi connectivity index (χ1n) is 6.86. The zero-order chi connectivity index (χ0) is 14.7. The van der Waals surface area contributed by atoms with Gasteiger partial charge in [-0.15, -0.1) is 0 Å². The SMILES string of the molecule is CN(Cc1ccc(N(C)C)cc1)C(=O)C1CC(Br)CN1. The first-order chi connectivity index (χ1) is 9.47. The Morgan fingerprint density at radius 1 is 1.30 bits per heavy atom. The lowest BCUT2D eigenvalue weighted by Crippen LogP contribution is -2.41. The van der Waals surface area contributed by atoms with Gasteiger partial charge in [0.05, 0.1) is 6.04 Å². The van der Waals surface area contributed by atoms with Gasteiger partial charge in [0.2, 0.25) is 5.91 Å². The molecule has 2 atom stereocenters. The van der Waals surface area contributed by atoms with Crippen molar-refractivity contribution < 1.29 is 4.79 Å². The molecule has 1 N–H and O–H groups in total. The molecule has 2 rings (SSSR count). The van der Waals surface area contributed by atoms with Gasteiger partial charge in [-0.3, -0.25) is 4.79 Å². The molecular formula is C15H22BrN3O. The Balaban J connectivity index is 1.93. The number of likely N-dealkylation sites (N-methyl/N-ethyl adjacent to an activating group) is 1. The molecule has 2 unspecified atom stereocenters. The second kappa shape index (κ2) is 6.59. The summed E-state index contributed by atoms with van der Waals surface area (Å²) in [5, 5.41) is 3.25. The first-order valence-corrected chi connectivity index (χ1v) is 7.77. The molecule has 1 aromatic rings. The van der Waals surface area contributed by atoms with Crippen LogP contribution in [-0.2, 0) is 11.3 Å². The number of carbonyl (C=O) groups excluding carboxylic acids is 1. The zero-order valence-corrected chi connectivity index (χ0v) is 13.9. The number of hydrogen-bond donors (Lipinski definition) is 1. The zero-order valence-electron chi connectivity index (χ0n) is 12.3. The molecule has 0 spiro atoms. The third-order valence-corrected chi connectivity index (χ3v) is 4.32. The standard InChI is InChI=1S/C15H22BrN3O/c1-18(2)13-6-4-11(5-7-13)10-19(3)15(20)14-8-12(16)9-17-14/h4-7,12,14,17H,8-10H2,1-3H3. The molecular weight excluding hydrogens is 318 g/mol. The van der Waals surface area contributed by atoms with Gasteiger partial charge in [0, 0.05) is 44.7 Å². The highest BCUT2D eigenvalue weighted by Gasteiger charge is 2.29. The number of benzene rings is 1. The molecule has 110 valence electrons. The fraction of sp³-hybridized carbons (Fsp3) is 0.533. The van der Waals surface area contributed by atoms with Crippen LogP contribution in [0.4, 0.5) is 5.69 Å². The van der Waals surface area contributed by atoms with Crippen molar-refractivity contribution in [2.24, 2.45) is 0 Å². The van der Waals surface area contributed by atoms with Crippen molar-refractivity contribution in [1.29, 1.82) is 0 Å². The topological polar surface area (TPSA) is 35.6 Å². The molecule has 1 amide bonds. The third kappa shape index (κ3) is 3.73. The van der Waals surface area contributed by atoms with Gasteiger partial charge >= 0.3 is 0 Å². The van der Waals surface area contributed by atoms with E-state index in [0.717, 1.165) is 18.5 Å². The minimum atomic E-state index is -0.0505. The Kier molecular flexibility index (Phi) is 5.05. The van der Waals surface area contributed by atoms with Crippen molar-refractivity contribution in [2.75, 3.05) is 32.6 Å². The van der Waals surface area contributed by atoms with E-state index in [-0.39, 0.29) is 11.9 Å². The number of nitrogens with one attached hydrogen (secondary N) is 1. The van der Waals surface area contributed by atoms with Gasteiger partial charge in [0.25, 0.3) is 0 Å². The smallest absolute Gasteiger partial charge is 0.239 e. The third-order valence-electron chi connectivity index (χ3n) is 3.62. The lowest BCUT2D eigenvalue weighted by atomic mass is 10.1. The molecule has 1 fully saturated rings. The van der Waals surface area contributed by atoms with E-state index in [0.29, 0.717) is 11.4 Å². The monoisotopic (exact) mass is 339 g/mol. The van der Waals surface area contributed by atoms with E-state index in [4.69, 9.17) is 0 Å². The molecule has 1 heterocycles. The predicted molar refractivity (Wildman–Crippen MR) is 86.4 cm³/mol. The summed E-state index contributed by atoms with van der Waals surface area (Å²) in [5.74, 6) is 0.170. The second-order valence-electron chi connectivity index (χ2n) is 5.55. The van der Waals surface area contributed by atoms with Crippen LogP contribution in [0.3, 0.4) is 0 Å². The quantitative estimate of drug-likeness (QED) is 0.850. The van der Waals surface area contributed by atoms with Crippen molar-refractivity contribution in [3.05, 3.63) is 29.8 Å². The molecule has 0 bridgehead atoms. The van der Waals surface area contributed by atoms with Gasteiger partial charge in [0.15, 0.2) is 0 Å². The Labute approximate surface area is 129 Å². The largest absolute Gasteiger partial charge is 0.378 e. The van der Waals surface area contributed by atoms with E-state index in [9.17, 15) is 4.79 Å². The molecule has 1 aliphatic rings. The lowest BCUT2D eigenvalue weighted by Gasteiger charge is -2.21. The van der Waals surface area contributed by atoms with Crippen LogP contribution >= 0.6 is 15.9 Å². The Hall–Kier alpha value is -1.07. The van der Waals surface area contributed by atoms with Crippen LogP contribution in [0.25, 0.3) is 0 Å². The van der Waals surface area contributed by atoms with E-state index in [2.05, 4.69) is 50.4 Å². The summed E-state index contributed by atoms with van der Waals surface area (Å²) in [6, 6.07) is 8.26. The van der Waals surface area contributed by atoms with E-state index >= 15 is 0 Å². The summed E-state index contributed by atoms with van der Waals surface area (Å²) < 4.78 is 0. The highest BCUT2D eigenvalue weighted by Crippen LogP contribution is 2.17. The number of amides is 1. The number of carbonyl (C=O) groups is 1. The Morgan fingerprint density at radius 3 is 2.45 bits per heavy atom. The van der Waals surface area contributed by atoms with Gasteiger partial charge in [-0.1, -0.05) is 28.1 Å². The number of halogens is 1. The predicted octanol–water partition coefficient (Wildman–Crippen LogP) is 1.84. The summed E-state index contributed by atoms with van der Waals surface area (Å²) in [4.78, 5) is 16.6. The van der Waals surface area contributed by atoms with Crippen molar-refractivity contribution in [3.8, 4) is 0 Å². The summed E-state index contributed by atoms with van der Waals surface area (Å²) in [6.07, 6.45) is 0.864. The number of nitrogens with zero attached hydrogens (tertiary/aromatic N) is 2. The highest BCUT2D eigenvalue weighted by atomic mass is 79.9. The molecule has 0 radical (unpaired) electrons. The van der Waals surface area contributed by atoms with E-state index in [1.807, 2.05) is 21.1 Å². The summed E-state index contributed by atoms with van der Waals surface area (Å²) >= 11 is 3.55. The Bertz CT molecular complexity index is 461. The maximum Gasteiger partial charge on any atom is 0.239 e. The number of hydrogen-bond acceptors (Lipinski definition) is 3. The van der Waals surface area contributed by atoms with Crippen LogP contribution in [0.1, 0.15) is 12.0 Å². The second-order valence-corrected chi connectivity index (χ2v) is 6.84. The average Bonchev–Trinajstić information content (AvgIpc) is 2.85. The minimum absolute atomic E-state index is 0.0505. The normalized spacial score (nSPS) is 21.8. The van der Waals surface area contributed by atoms with Crippen LogP contribution in [0.5, 0.6) is 0 Å². The molecule has 0 aromatic heterocycles. The van der Waals surface area contributed by atoms with Crippen molar-refractivity contribution in [1.82, 2.24) is 10.2 Å². The number of anilines is 1. The molecule has 20 heavy (non-hydrogen) atoms. The highest BCUT2D eigenvalue weighted by molar-refractivity contribution is 9.09. The molecule has 0 saturated carbocycles. The summed E-state index contributed by atoms with van der Waals surface area (Å²) in [7, 11) is 5.91. The number of alkyl halides is 1. The van der Waals surface area contributed by atoms with E-state index in [1.165, 1.54) is 5.69 Å². The molecule has 1 saturated heterocycles. The van der Waals surface area contributed by atoms with Crippen LogP contribution in [0, 0.1) is 0 Å². The van der Waals surface area contributed by atoms with Gasteiger partial charge in [0.1, 0.15) is 0 Å².